The Morgan fingerprint density at radius 2 is 1.80 bits per heavy atom. The number of hydrogen-bond donors (Lipinski definition) is 3. The van der Waals surface area contributed by atoms with E-state index < -0.39 is 48.9 Å². The molecule has 1 aliphatic heterocycles. The van der Waals surface area contributed by atoms with E-state index in [1.54, 1.807) is 0 Å². The van der Waals surface area contributed by atoms with Gasteiger partial charge in [-0.3, -0.25) is 4.79 Å². The lowest BCUT2D eigenvalue weighted by Gasteiger charge is -2.25. The summed E-state index contributed by atoms with van der Waals surface area (Å²) in [6.45, 7) is 1.21. The van der Waals surface area contributed by atoms with Crippen molar-refractivity contribution in [2.24, 2.45) is 0 Å². The number of aryl methyl sites for hydroxylation is 1. The first kappa shape index (κ1) is 32.1. The lowest BCUT2D eigenvalue weighted by atomic mass is 9.77. The molecule has 1 aliphatic rings. The minimum atomic E-state index is -5.80. The van der Waals surface area contributed by atoms with E-state index in [0.29, 0.717) is 0 Å². The fraction of sp³-hybridized carbons (Fsp3) is 0.385. The van der Waals surface area contributed by atoms with Crippen LogP contribution in [0, 0.1) is 0 Å². The number of halogens is 9. The zero-order valence-electron chi connectivity index (χ0n) is 22.9. The lowest BCUT2D eigenvalue weighted by molar-refractivity contribution is -0.284. The Morgan fingerprint density at radius 3 is 2.47 bits per heavy atom. The second kappa shape index (κ2) is 11.2. The Labute approximate surface area is 252 Å². The van der Waals surface area contributed by atoms with Gasteiger partial charge in [-0.25, -0.2) is 24.5 Å². The van der Waals surface area contributed by atoms with Gasteiger partial charge in [-0.2, -0.15) is 40.2 Å². The molecule has 0 saturated carbocycles. The van der Waals surface area contributed by atoms with Crippen LogP contribution in [0.25, 0.3) is 17.2 Å². The Hall–Kier alpha value is -4.35. The Kier molecular flexibility index (Phi) is 7.99. The third kappa shape index (κ3) is 6.14. The number of amides is 1. The molecular formula is C26H21ClF8N8O2. The summed E-state index contributed by atoms with van der Waals surface area (Å²) in [7, 11) is 0. The first-order valence-electron chi connectivity index (χ1n) is 13.1. The van der Waals surface area contributed by atoms with Gasteiger partial charge in [-0.05, 0) is 37.5 Å². The van der Waals surface area contributed by atoms with Crippen molar-refractivity contribution in [3.8, 4) is 17.3 Å². The number of nitrogens with one attached hydrogen (secondary N) is 2. The van der Waals surface area contributed by atoms with Crippen molar-refractivity contribution in [2.75, 3.05) is 17.2 Å². The third-order valence-corrected chi connectivity index (χ3v) is 7.52. The zero-order valence-corrected chi connectivity index (χ0v) is 23.6. The zero-order chi connectivity index (χ0) is 32.9. The average Bonchev–Trinajstić information content (AvgIpc) is 3.52. The van der Waals surface area contributed by atoms with Crippen LogP contribution in [0.1, 0.15) is 43.0 Å². The highest BCUT2D eigenvalue weighted by atomic mass is 35.5. The number of aromatic nitrogens is 6. The molecule has 0 radical (unpaired) electrons. The molecule has 0 saturated heterocycles. The largest absolute Gasteiger partial charge is 0.506 e. The van der Waals surface area contributed by atoms with Gasteiger partial charge in [0.1, 0.15) is 34.8 Å². The first-order chi connectivity index (χ1) is 20.9. The molecule has 1 atom stereocenters. The molecule has 0 bridgehead atoms. The van der Waals surface area contributed by atoms with Gasteiger partial charge in [0.2, 0.25) is 5.91 Å². The lowest BCUT2D eigenvalue weighted by Crippen LogP contribution is -2.36. The predicted octanol–water partition coefficient (Wildman–Crippen LogP) is 6.08. The monoisotopic (exact) mass is 664 g/mol. The van der Waals surface area contributed by atoms with E-state index in [2.05, 4.69) is 35.7 Å². The van der Waals surface area contributed by atoms with Crippen LogP contribution >= 0.6 is 11.6 Å². The topological polar surface area (TPSA) is 130 Å². The fourth-order valence-corrected chi connectivity index (χ4v) is 4.91. The second-order valence-electron chi connectivity index (χ2n) is 10.3. The van der Waals surface area contributed by atoms with Gasteiger partial charge in [0.15, 0.2) is 11.5 Å². The summed E-state index contributed by atoms with van der Waals surface area (Å²) >= 11 is 5.93. The maximum absolute atomic E-state index is 13.7. The highest BCUT2D eigenvalue weighted by Gasteiger charge is 2.56. The van der Waals surface area contributed by atoms with Crippen LogP contribution in [0.5, 0.6) is 5.75 Å². The van der Waals surface area contributed by atoms with Gasteiger partial charge in [-0.1, -0.05) is 17.7 Å². The highest BCUT2D eigenvalue weighted by Crippen LogP contribution is 2.47. The van der Waals surface area contributed by atoms with Crippen LogP contribution in [0.3, 0.4) is 0 Å². The standard InChI is InChI=1S/C26H21ClF8N8O2/c1-23(12-3-4-13(27)16(44)9-12)17-19(36-8-2-6-25(30,31)32)40-18(41-20(17)42-22(23)45)15-10-43-21(37-11-38-43)14(39-15)5-7-24(28,29)26(33,34)35/h3-4,9-11,44H,2,5-8H2,1H3,(H2,36,40,41,42,45). The number of alkyl halides is 8. The molecule has 0 fully saturated rings. The molecule has 19 heteroatoms. The molecule has 10 nitrogen and oxygen atoms in total. The number of rotatable bonds is 9. The van der Waals surface area contributed by atoms with E-state index in [9.17, 15) is 45.0 Å². The fourth-order valence-electron chi connectivity index (χ4n) is 4.79. The van der Waals surface area contributed by atoms with E-state index in [-0.39, 0.29) is 69.4 Å². The minimum absolute atomic E-state index is 0.00328. The summed E-state index contributed by atoms with van der Waals surface area (Å²) in [6, 6.07) is 4.04. The number of anilines is 2. The molecular weight excluding hydrogens is 644 g/mol. The molecule has 0 aliphatic carbocycles. The van der Waals surface area contributed by atoms with Crippen molar-refractivity contribution >= 4 is 34.8 Å². The van der Waals surface area contributed by atoms with Crippen LogP contribution in [0.15, 0.2) is 30.7 Å². The number of hydrogen-bond acceptors (Lipinski definition) is 8. The van der Waals surface area contributed by atoms with Crippen LogP contribution in [-0.4, -0.2) is 65.4 Å². The molecule has 240 valence electrons. The van der Waals surface area contributed by atoms with E-state index in [1.807, 2.05) is 0 Å². The normalized spacial score (nSPS) is 17.1. The summed E-state index contributed by atoms with van der Waals surface area (Å²) < 4.78 is 105. The van der Waals surface area contributed by atoms with Crippen molar-refractivity contribution in [1.29, 1.82) is 0 Å². The number of phenols is 1. The van der Waals surface area contributed by atoms with Crippen molar-refractivity contribution in [1.82, 2.24) is 29.5 Å². The molecule has 0 spiro atoms. The SMILES string of the molecule is CC1(c2ccc(Cl)c(O)c2)C(=O)Nc2nc(-c3cn4ncnc4c(CCC(F)(F)C(F)(F)F)n3)nc(NCCCC(F)(F)F)c21. The summed E-state index contributed by atoms with van der Waals surface area (Å²) in [5, 5.41) is 19.5. The molecule has 3 N–H and O–H groups in total. The number of nitrogens with zero attached hydrogens (tertiary/aromatic N) is 6. The number of aromatic hydroxyl groups is 1. The summed E-state index contributed by atoms with van der Waals surface area (Å²) in [5.74, 6) is -6.47. The summed E-state index contributed by atoms with van der Waals surface area (Å²) in [6.07, 6.45) is -12.0. The van der Waals surface area contributed by atoms with E-state index >= 15 is 0 Å². The summed E-state index contributed by atoms with van der Waals surface area (Å²) in [5.41, 5.74) is -1.80. The van der Waals surface area contributed by atoms with Gasteiger partial charge >= 0.3 is 18.3 Å². The number of fused-ring (bicyclic) bond motifs is 2. The average molecular weight is 665 g/mol. The molecule has 1 amide bonds. The van der Waals surface area contributed by atoms with E-state index in [4.69, 9.17) is 11.6 Å². The number of benzene rings is 1. The van der Waals surface area contributed by atoms with Crippen molar-refractivity contribution < 1.29 is 45.0 Å². The van der Waals surface area contributed by atoms with Crippen LogP contribution in [0.2, 0.25) is 5.02 Å². The molecule has 1 unspecified atom stereocenters. The smallest absolute Gasteiger partial charge is 0.453 e. The van der Waals surface area contributed by atoms with Crippen molar-refractivity contribution in [3.63, 3.8) is 0 Å². The molecule has 5 rings (SSSR count). The Morgan fingerprint density at radius 1 is 1.07 bits per heavy atom. The number of carbonyl (C=O) groups is 1. The number of carbonyl (C=O) groups excluding carboxylic acids is 1. The van der Waals surface area contributed by atoms with Gasteiger partial charge in [0, 0.05) is 19.4 Å². The second-order valence-corrected chi connectivity index (χ2v) is 10.7. The Bertz CT molecular complexity index is 1780. The van der Waals surface area contributed by atoms with Crippen LogP contribution in [0.4, 0.5) is 46.8 Å². The van der Waals surface area contributed by atoms with Gasteiger partial charge < -0.3 is 15.7 Å². The van der Waals surface area contributed by atoms with E-state index in [0.717, 1.165) is 10.8 Å². The summed E-state index contributed by atoms with van der Waals surface area (Å²) in [4.78, 5) is 30.2. The number of phenolic OH excluding ortho intramolecular Hbond substituents is 1. The van der Waals surface area contributed by atoms with Crippen LogP contribution in [-0.2, 0) is 16.6 Å². The molecule has 4 heterocycles. The molecule has 4 aromatic rings. The minimum Gasteiger partial charge on any atom is -0.506 e. The van der Waals surface area contributed by atoms with Gasteiger partial charge in [0.25, 0.3) is 0 Å². The van der Waals surface area contributed by atoms with Gasteiger partial charge in [-0.15, -0.1) is 0 Å². The molecule has 1 aromatic carbocycles. The molecule has 3 aromatic heterocycles. The van der Waals surface area contributed by atoms with Gasteiger partial charge in [0.05, 0.1) is 22.5 Å². The highest BCUT2D eigenvalue weighted by molar-refractivity contribution is 6.32. The third-order valence-electron chi connectivity index (χ3n) is 7.20. The van der Waals surface area contributed by atoms with E-state index in [1.165, 1.54) is 31.3 Å². The Balaban J connectivity index is 1.60. The van der Waals surface area contributed by atoms with Crippen LogP contribution < -0.4 is 10.6 Å². The van der Waals surface area contributed by atoms with Crippen molar-refractivity contribution in [3.05, 3.63) is 52.6 Å². The molecule has 45 heavy (non-hydrogen) atoms. The quantitative estimate of drug-likeness (QED) is 0.145. The predicted molar refractivity (Wildman–Crippen MR) is 143 cm³/mol. The van der Waals surface area contributed by atoms with Crippen molar-refractivity contribution in [2.45, 2.75) is 56.3 Å². The maximum Gasteiger partial charge on any atom is 0.453 e. The maximum atomic E-state index is 13.7. The first-order valence-corrected chi connectivity index (χ1v) is 13.5.